The van der Waals surface area contributed by atoms with Gasteiger partial charge in [0.2, 0.25) is 0 Å². The first-order chi connectivity index (χ1) is 14.0. The molecular weight excluding hydrogens is 388 g/mol. The van der Waals surface area contributed by atoms with Gasteiger partial charge >= 0.3 is 18.2 Å². The predicted octanol–water partition coefficient (Wildman–Crippen LogP) is 3.79. The van der Waals surface area contributed by atoms with Gasteiger partial charge in [0.1, 0.15) is 12.2 Å². The van der Waals surface area contributed by atoms with Crippen molar-refractivity contribution < 1.29 is 29.0 Å². The molecule has 8 nitrogen and oxygen atoms in total. The largest absolute Gasteiger partial charge is 0.481 e. The van der Waals surface area contributed by atoms with Crippen LogP contribution in [0.2, 0.25) is 0 Å². The lowest BCUT2D eigenvalue weighted by molar-refractivity contribution is -0.139. The zero-order chi connectivity index (χ0) is 22.4. The minimum atomic E-state index is -1.07. The van der Waals surface area contributed by atoms with E-state index in [0.29, 0.717) is 25.9 Å². The van der Waals surface area contributed by atoms with Crippen molar-refractivity contribution in [2.75, 3.05) is 13.1 Å². The molecule has 1 aromatic carbocycles. The Labute approximate surface area is 177 Å². The zero-order valence-electron chi connectivity index (χ0n) is 18.1. The molecule has 1 fully saturated rings. The normalized spacial score (nSPS) is 18.8. The summed E-state index contributed by atoms with van der Waals surface area (Å²) in [5.41, 5.74) is -0.852. The summed E-state index contributed by atoms with van der Waals surface area (Å²) in [6, 6.07) is 9.23. The second-order valence-electron chi connectivity index (χ2n) is 8.94. The third-order valence-corrected chi connectivity index (χ3v) is 5.09. The Morgan fingerprint density at radius 1 is 1.17 bits per heavy atom. The van der Waals surface area contributed by atoms with Gasteiger partial charge in [-0.1, -0.05) is 30.3 Å². The van der Waals surface area contributed by atoms with E-state index in [4.69, 9.17) is 9.47 Å². The van der Waals surface area contributed by atoms with Crippen LogP contribution in [0, 0.1) is 5.92 Å². The fourth-order valence-corrected chi connectivity index (χ4v) is 3.59. The molecule has 2 rings (SSSR count). The van der Waals surface area contributed by atoms with E-state index in [2.05, 4.69) is 5.32 Å². The van der Waals surface area contributed by atoms with E-state index >= 15 is 0 Å². The Bertz CT molecular complexity index is 746. The van der Waals surface area contributed by atoms with Crippen LogP contribution in [0.15, 0.2) is 30.3 Å². The molecule has 0 aliphatic carbocycles. The molecule has 2 N–H and O–H groups in total. The number of benzene rings is 1. The number of nitrogens with zero attached hydrogens (tertiary/aromatic N) is 1. The number of piperidine rings is 1. The fraction of sp³-hybridized carbons (Fsp3) is 0.591. The summed E-state index contributed by atoms with van der Waals surface area (Å²) in [7, 11) is 0. The van der Waals surface area contributed by atoms with Gasteiger partial charge < -0.3 is 24.8 Å². The lowest BCUT2D eigenvalue weighted by Gasteiger charge is -2.43. The highest BCUT2D eigenvalue weighted by molar-refractivity contribution is 5.73. The third-order valence-electron chi connectivity index (χ3n) is 5.09. The van der Waals surface area contributed by atoms with Crippen LogP contribution < -0.4 is 5.32 Å². The summed E-state index contributed by atoms with van der Waals surface area (Å²) < 4.78 is 10.7. The molecule has 8 heteroatoms. The first-order valence-electron chi connectivity index (χ1n) is 10.2. The molecule has 0 aromatic heterocycles. The first kappa shape index (κ1) is 23.5. The van der Waals surface area contributed by atoms with E-state index in [9.17, 15) is 19.5 Å². The molecule has 166 valence electrons. The van der Waals surface area contributed by atoms with Gasteiger partial charge in [0.25, 0.3) is 0 Å². The van der Waals surface area contributed by atoms with Gasteiger partial charge in [0, 0.05) is 19.0 Å². The topological polar surface area (TPSA) is 105 Å². The van der Waals surface area contributed by atoms with Gasteiger partial charge in [-0.25, -0.2) is 9.59 Å². The fourth-order valence-electron chi connectivity index (χ4n) is 3.59. The van der Waals surface area contributed by atoms with Crippen LogP contribution in [0.4, 0.5) is 9.59 Å². The highest BCUT2D eigenvalue weighted by Crippen LogP contribution is 2.31. The molecular formula is C22H32N2O6. The zero-order valence-corrected chi connectivity index (χ0v) is 18.1. The van der Waals surface area contributed by atoms with Crippen molar-refractivity contribution in [1.82, 2.24) is 10.2 Å². The Balaban J connectivity index is 2.05. The quantitative estimate of drug-likeness (QED) is 0.725. The minimum Gasteiger partial charge on any atom is -0.481 e. The summed E-state index contributed by atoms with van der Waals surface area (Å²) >= 11 is 0. The number of hydrogen-bond acceptors (Lipinski definition) is 5. The number of likely N-dealkylation sites (tertiary alicyclic amines) is 1. The number of carboxylic acid groups (broad SMARTS) is 1. The number of carbonyl (C=O) groups excluding carboxylic acids is 2. The van der Waals surface area contributed by atoms with E-state index in [1.165, 1.54) is 0 Å². The van der Waals surface area contributed by atoms with Crippen molar-refractivity contribution in [3.8, 4) is 0 Å². The van der Waals surface area contributed by atoms with Crippen molar-refractivity contribution in [3.05, 3.63) is 35.9 Å². The first-order valence-corrected chi connectivity index (χ1v) is 10.2. The minimum absolute atomic E-state index is 0.0878. The molecule has 2 unspecified atom stereocenters. The van der Waals surface area contributed by atoms with E-state index in [0.717, 1.165) is 5.56 Å². The molecule has 2 amide bonds. The molecule has 1 aromatic rings. The molecule has 1 saturated heterocycles. The summed E-state index contributed by atoms with van der Waals surface area (Å²) in [6.07, 6.45) is -0.0177. The number of amides is 2. The van der Waals surface area contributed by atoms with Gasteiger partial charge in [-0.15, -0.1) is 0 Å². The highest BCUT2D eigenvalue weighted by atomic mass is 16.6. The van der Waals surface area contributed by atoms with Crippen molar-refractivity contribution in [3.63, 3.8) is 0 Å². The van der Waals surface area contributed by atoms with Crippen LogP contribution in [-0.2, 0) is 20.9 Å². The number of aliphatic carboxylic acids is 1. The van der Waals surface area contributed by atoms with Crippen LogP contribution in [0.1, 0.15) is 52.5 Å². The van der Waals surface area contributed by atoms with Crippen molar-refractivity contribution >= 4 is 18.2 Å². The van der Waals surface area contributed by atoms with Crippen molar-refractivity contribution in [2.24, 2.45) is 5.92 Å². The molecule has 0 saturated carbocycles. The Morgan fingerprint density at radius 2 is 1.83 bits per heavy atom. The number of alkyl carbamates (subject to hydrolysis) is 1. The van der Waals surface area contributed by atoms with E-state index < -0.39 is 29.3 Å². The van der Waals surface area contributed by atoms with Crippen LogP contribution in [-0.4, -0.2) is 52.4 Å². The third kappa shape index (κ3) is 7.24. The Kier molecular flexibility index (Phi) is 7.70. The number of rotatable bonds is 6. The maximum atomic E-state index is 12.5. The second kappa shape index (κ2) is 9.82. The maximum Gasteiger partial charge on any atom is 0.410 e. The van der Waals surface area contributed by atoms with Gasteiger partial charge in [0.05, 0.1) is 12.0 Å². The lowest BCUT2D eigenvalue weighted by atomic mass is 9.78. The van der Waals surface area contributed by atoms with Crippen LogP contribution in [0.25, 0.3) is 0 Å². The van der Waals surface area contributed by atoms with E-state index in [1.54, 1.807) is 32.6 Å². The SMILES string of the molecule is CC(C)(C)OC(=O)N1CCCC(C(C)(CC(=O)O)NC(=O)OCc2ccccc2)C1. The van der Waals surface area contributed by atoms with Crippen molar-refractivity contribution in [1.29, 1.82) is 0 Å². The number of carbonyl (C=O) groups is 3. The standard InChI is InChI=1S/C22H32N2O6/c1-21(2,3)30-20(28)24-12-8-11-17(14-24)22(4,13-18(25)26)23-19(27)29-15-16-9-6-5-7-10-16/h5-7,9-10,17H,8,11-15H2,1-4H3,(H,23,27)(H,25,26). The summed E-state index contributed by atoms with van der Waals surface area (Å²) in [4.78, 5) is 38.0. The van der Waals surface area contributed by atoms with Gasteiger partial charge in [-0.3, -0.25) is 4.79 Å². The second-order valence-corrected chi connectivity index (χ2v) is 8.94. The molecule has 0 spiro atoms. The van der Waals surface area contributed by atoms with E-state index in [-0.39, 0.29) is 18.9 Å². The molecule has 30 heavy (non-hydrogen) atoms. The Hall–Kier alpha value is -2.77. The number of ether oxygens (including phenoxy) is 2. The van der Waals surface area contributed by atoms with E-state index in [1.807, 2.05) is 30.3 Å². The number of carboxylic acids is 1. The average molecular weight is 421 g/mol. The highest BCUT2D eigenvalue weighted by Gasteiger charge is 2.42. The predicted molar refractivity (Wildman–Crippen MR) is 111 cm³/mol. The molecule has 0 radical (unpaired) electrons. The maximum absolute atomic E-state index is 12.5. The van der Waals surface area contributed by atoms with Gasteiger partial charge in [0.15, 0.2) is 0 Å². The summed E-state index contributed by atoms with van der Waals surface area (Å²) in [5.74, 6) is -1.28. The number of hydrogen-bond donors (Lipinski definition) is 2. The smallest absolute Gasteiger partial charge is 0.410 e. The number of nitrogens with one attached hydrogen (secondary N) is 1. The lowest BCUT2D eigenvalue weighted by Crippen LogP contribution is -2.58. The van der Waals surface area contributed by atoms with Crippen LogP contribution >= 0.6 is 0 Å². The van der Waals surface area contributed by atoms with Crippen molar-refractivity contribution in [2.45, 2.75) is 64.7 Å². The summed E-state index contributed by atoms with van der Waals surface area (Å²) in [5, 5.41) is 12.2. The van der Waals surface area contributed by atoms with Gasteiger partial charge in [-0.05, 0) is 46.1 Å². The van der Waals surface area contributed by atoms with Crippen LogP contribution in [0.3, 0.4) is 0 Å². The monoisotopic (exact) mass is 420 g/mol. The molecule has 1 aliphatic heterocycles. The molecule has 1 heterocycles. The van der Waals surface area contributed by atoms with Crippen LogP contribution in [0.5, 0.6) is 0 Å². The molecule has 0 bridgehead atoms. The molecule has 1 aliphatic rings. The summed E-state index contributed by atoms with van der Waals surface area (Å²) in [6.45, 7) is 8.00. The molecule has 2 atom stereocenters. The van der Waals surface area contributed by atoms with Gasteiger partial charge in [-0.2, -0.15) is 0 Å². The Morgan fingerprint density at radius 3 is 2.43 bits per heavy atom. The average Bonchev–Trinajstić information content (AvgIpc) is 2.65.